The predicted molar refractivity (Wildman–Crippen MR) is 31.2 cm³/mol. The summed E-state index contributed by atoms with van der Waals surface area (Å²) in [5.41, 5.74) is 0. The monoisotopic (exact) mass is 400 g/mol. The van der Waals surface area contributed by atoms with E-state index < -0.39 is 15.6 Å². The van der Waals surface area contributed by atoms with Crippen molar-refractivity contribution in [2.45, 2.75) is 0 Å². The summed E-state index contributed by atoms with van der Waals surface area (Å²) in [6, 6.07) is 0. The zero-order valence-corrected chi connectivity index (χ0v) is 9.15. The van der Waals surface area contributed by atoms with E-state index in [9.17, 15) is 0 Å². The molecule has 0 aromatic carbocycles. The van der Waals surface area contributed by atoms with Gasteiger partial charge in [-0.05, 0) is 0 Å². The van der Waals surface area contributed by atoms with Crippen molar-refractivity contribution >= 4 is 26.2 Å². The van der Waals surface area contributed by atoms with E-state index in [1.165, 1.54) is 0 Å². The second-order valence-corrected chi connectivity index (χ2v) is 0.758. The SMILES string of the molecule is O=[N+]([O-])O.O=[N+]([O-])O.[Bi].[O-][NH+](O)O. The van der Waals surface area contributed by atoms with Crippen molar-refractivity contribution in [1.82, 2.24) is 0 Å². The fourth-order valence-electron chi connectivity index (χ4n) is 0. The summed E-state index contributed by atoms with van der Waals surface area (Å²) in [7, 11) is 0. The summed E-state index contributed by atoms with van der Waals surface area (Å²) in [4.78, 5) is 16.7. The Balaban J connectivity index is -0.0000000450. The van der Waals surface area contributed by atoms with E-state index >= 15 is 0 Å². The molecule has 13 heteroatoms. The maximum Gasteiger partial charge on any atom is 0.291 e. The fraction of sp³-hybridized carbons (Fsp3) is 0. The Morgan fingerprint density at radius 2 is 1.00 bits per heavy atom. The van der Waals surface area contributed by atoms with Crippen LogP contribution in [0.5, 0.6) is 0 Å². The maximum absolute atomic E-state index is 8.56. The van der Waals surface area contributed by atoms with Gasteiger partial charge in [0.05, 0.1) is 0 Å². The van der Waals surface area contributed by atoms with Gasteiger partial charge in [0.25, 0.3) is 10.2 Å². The normalized spacial score (nSPS) is 6.46. The van der Waals surface area contributed by atoms with Crippen LogP contribution in [0.1, 0.15) is 0 Å². The molecule has 0 heterocycles. The van der Waals surface area contributed by atoms with Gasteiger partial charge in [0.2, 0.25) is 0 Å². The molecule has 0 aromatic rings. The maximum atomic E-state index is 8.56. The van der Waals surface area contributed by atoms with E-state index in [-0.39, 0.29) is 26.2 Å². The number of nitrogens with zero attached hydrogens (tertiary/aromatic N) is 2. The number of hydrogen-bond acceptors (Lipinski definition) is 7. The first kappa shape index (κ1) is 22.7. The van der Waals surface area contributed by atoms with E-state index in [0.29, 0.717) is 0 Å². The van der Waals surface area contributed by atoms with E-state index in [4.69, 9.17) is 46.3 Å². The van der Waals surface area contributed by atoms with Gasteiger partial charge in [0.15, 0.2) is 0 Å². The first-order chi connectivity index (χ1) is 5.20. The fourth-order valence-corrected chi connectivity index (χ4v) is 0. The summed E-state index contributed by atoms with van der Waals surface area (Å²) in [5, 5.41) is 47.9. The van der Waals surface area contributed by atoms with E-state index in [0.717, 1.165) is 0 Å². The molecule has 0 aliphatic heterocycles. The molecule has 0 atom stereocenters. The molecule has 3 radical (unpaired) electrons. The Hall–Kier alpha value is -0.877. The Morgan fingerprint density at radius 1 is 1.00 bits per heavy atom. The van der Waals surface area contributed by atoms with Crippen molar-refractivity contribution in [1.29, 1.82) is 0 Å². The first-order valence-corrected chi connectivity index (χ1v) is 1.78. The number of hydrogen-bond donors (Lipinski definition) is 5. The topological polar surface area (TPSA) is 195 Å². The van der Waals surface area contributed by atoms with Crippen LogP contribution < -0.4 is 5.39 Å². The zero-order chi connectivity index (χ0) is 10.7. The molecule has 0 saturated carbocycles. The Kier molecular flexibility index (Phi) is 30.2. The number of nitrogens with one attached hydrogen (secondary N) is 1. The van der Waals surface area contributed by atoms with Gasteiger partial charge in [-0.2, -0.15) is 10.4 Å². The number of quaternary nitrogens is 1. The van der Waals surface area contributed by atoms with Crippen molar-refractivity contribution in [2.75, 3.05) is 0 Å². The quantitative estimate of drug-likeness (QED) is 0.161. The van der Waals surface area contributed by atoms with Gasteiger partial charge in [-0.25, -0.2) is 0 Å². The third-order valence-electron chi connectivity index (χ3n) is 0. The van der Waals surface area contributed by atoms with Crippen LogP contribution in [0, 0.1) is 25.4 Å². The molecule has 0 bridgehead atoms. The average molecular weight is 400 g/mol. The Morgan fingerprint density at radius 3 is 1.00 bits per heavy atom. The van der Waals surface area contributed by atoms with Gasteiger partial charge in [-0.3, -0.25) is 0 Å². The summed E-state index contributed by atoms with van der Waals surface area (Å²) >= 11 is 0. The van der Waals surface area contributed by atoms with Crippen LogP contribution >= 0.6 is 0 Å². The van der Waals surface area contributed by atoms with E-state index in [1.54, 1.807) is 0 Å². The standard InChI is InChI=1S/Bi.H3NO3.2HNO3/c;3*2-1(3)4/h;1-3H;2*(H,2,3,4). The molecule has 0 amide bonds. The van der Waals surface area contributed by atoms with Crippen LogP contribution in [0.3, 0.4) is 0 Å². The van der Waals surface area contributed by atoms with Crippen molar-refractivity contribution in [3.63, 3.8) is 0 Å². The molecule has 0 fully saturated rings. The second kappa shape index (κ2) is 17.3. The number of rotatable bonds is 0. The average Bonchev–Trinajstić information content (AvgIpc) is 1.54. The summed E-state index contributed by atoms with van der Waals surface area (Å²) in [5.74, 6) is 0. The summed E-state index contributed by atoms with van der Waals surface area (Å²) < 4.78 is 0. The minimum absolute atomic E-state index is 0. The van der Waals surface area contributed by atoms with E-state index in [2.05, 4.69) is 0 Å². The van der Waals surface area contributed by atoms with Crippen LogP contribution in [-0.2, 0) is 0 Å². The molecule has 0 aliphatic carbocycles. The molecule has 0 aliphatic rings. The predicted octanol–water partition coefficient (Wildman–Crippen LogP) is -2.93. The van der Waals surface area contributed by atoms with Gasteiger partial charge in [-0.15, -0.1) is 20.2 Å². The molecule has 79 valence electrons. The molecule has 0 aromatic heterocycles. The molecule has 0 spiro atoms. The van der Waals surface area contributed by atoms with Crippen LogP contribution in [0.25, 0.3) is 0 Å². The molecular weight excluding hydrogens is 395 g/mol. The third-order valence-corrected chi connectivity index (χ3v) is 0. The Labute approximate surface area is 88.4 Å². The van der Waals surface area contributed by atoms with Crippen LogP contribution in [0.4, 0.5) is 0 Å². The summed E-state index contributed by atoms with van der Waals surface area (Å²) in [6.45, 7) is 0. The van der Waals surface area contributed by atoms with Crippen LogP contribution in [-0.4, -0.2) is 57.2 Å². The van der Waals surface area contributed by atoms with Crippen molar-refractivity contribution in [2.24, 2.45) is 0 Å². The molecule has 0 unspecified atom stereocenters. The van der Waals surface area contributed by atoms with Crippen molar-refractivity contribution in [3.8, 4) is 0 Å². The minimum atomic E-state index is -1.83. The first-order valence-electron chi connectivity index (χ1n) is 1.78. The molecule has 12 nitrogen and oxygen atoms in total. The van der Waals surface area contributed by atoms with Crippen LogP contribution in [0.2, 0.25) is 0 Å². The minimum Gasteiger partial charge on any atom is -0.566 e. The molecule has 13 heavy (non-hydrogen) atoms. The molecular formula is H5BiN3O9. The van der Waals surface area contributed by atoms with Gasteiger partial charge >= 0.3 is 0 Å². The summed E-state index contributed by atoms with van der Waals surface area (Å²) in [6.07, 6.45) is 0. The second-order valence-electron chi connectivity index (χ2n) is 0.758. The van der Waals surface area contributed by atoms with Gasteiger partial charge < -0.3 is 15.6 Å². The van der Waals surface area contributed by atoms with E-state index in [1.807, 2.05) is 0 Å². The zero-order valence-electron chi connectivity index (χ0n) is 5.67. The molecule has 5 N–H and O–H groups in total. The van der Waals surface area contributed by atoms with Gasteiger partial charge in [0, 0.05) is 26.2 Å². The van der Waals surface area contributed by atoms with Gasteiger partial charge in [-0.1, -0.05) is 5.39 Å². The third kappa shape index (κ3) is 1200. The van der Waals surface area contributed by atoms with Crippen molar-refractivity contribution in [3.05, 3.63) is 25.4 Å². The Bertz CT molecular complexity index is 99.3. The largest absolute Gasteiger partial charge is 0.566 e. The molecule has 0 rings (SSSR count). The van der Waals surface area contributed by atoms with Crippen LogP contribution in [0.15, 0.2) is 0 Å². The smallest absolute Gasteiger partial charge is 0.291 e. The van der Waals surface area contributed by atoms with Gasteiger partial charge in [0.1, 0.15) is 0 Å². The van der Waals surface area contributed by atoms with Crippen molar-refractivity contribution < 1.29 is 36.4 Å². The molecule has 0 saturated heterocycles.